The number of ether oxygens (including phenoxy) is 1. The van der Waals surface area contributed by atoms with Gasteiger partial charge < -0.3 is 20.5 Å². The lowest BCUT2D eigenvalue weighted by molar-refractivity contribution is -0.105. The number of carbonyl (C=O) groups excluding carboxylic acids is 1. The third kappa shape index (κ3) is 8.16. The summed E-state index contributed by atoms with van der Waals surface area (Å²) in [5.74, 6) is 0.949. The average Bonchev–Trinajstić information content (AvgIpc) is 2.83. The number of benzene rings is 3. The fourth-order valence-corrected chi connectivity index (χ4v) is 3.19. The third-order valence-corrected chi connectivity index (χ3v) is 4.82. The van der Waals surface area contributed by atoms with Crippen molar-refractivity contribution in [2.24, 2.45) is 10.7 Å². The molecule has 6 nitrogen and oxygen atoms in total. The van der Waals surface area contributed by atoms with Gasteiger partial charge in [0, 0.05) is 23.1 Å². The molecule has 0 saturated heterocycles. The molecule has 0 heterocycles. The third-order valence-electron chi connectivity index (χ3n) is 3.94. The number of nitrogens with two attached hydrogens (primary N) is 1. The van der Waals surface area contributed by atoms with Gasteiger partial charge >= 0.3 is 0 Å². The van der Waals surface area contributed by atoms with E-state index in [1.807, 2.05) is 43.3 Å². The highest BCUT2D eigenvalue weighted by atomic mass is 32.2. The van der Waals surface area contributed by atoms with Gasteiger partial charge in [-0.25, -0.2) is 9.38 Å². The van der Waals surface area contributed by atoms with Crippen LogP contribution in [-0.4, -0.2) is 19.4 Å². The minimum Gasteiger partial charge on any atom is -0.496 e. The molecule has 4 N–H and O–H groups in total. The molecule has 0 aliphatic heterocycles. The summed E-state index contributed by atoms with van der Waals surface area (Å²) in [6, 6.07) is 21.0. The molecule has 0 saturated carbocycles. The molecule has 0 aliphatic carbocycles. The summed E-state index contributed by atoms with van der Waals surface area (Å²) in [4.78, 5) is 15.3. The van der Waals surface area contributed by atoms with E-state index in [0.29, 0.717) is 23.7 Å². The first kappa shape index (κ1) is 24.5. The Morgan fingerprint density at radius 1 is 1.06 bits per heavy atom. The summed E-state index contributed by atoms with van der Waals surface area (Å²) in [5, 5.41) is 2.58. The number of allylic oxidation sites excluding steroid dienone is 1. The van der Waals surface area contributed by atoms with Crippen molar-refractivity contribution in [3.05, 3.63) is 96.5 Å². The van der Waals surface area contributed by atoms with Gasteiger partial charge in [-0.1, -0.05) is 36.4 Å². The first-order valence-corrected chi connectivity index (χ1v) is 10.5. The van der Waals surface area contributed by atoms with Crippen LogP contribution in [0, 0.1) is 5.82 Å². The molecule has 0 spiro atoms. The number of hydrogen-bond acceptors (Lipinski definition) is 5. The number of methoxy groups -OCH3 is 1. The average molecular weight is 453 g/mol. The Kier molecular flexibility index (Phi) is 10.3. The predicted octanol–water partition coefficient (Wildman–Crippen LogP) is 5.45. The summed E-state index contributed by atoms with van der Waals surface area (Å²) >= 11 is 1.32. The maximum atomic E-state index is 12.8. The summed E-state index contributed by atoms with van der Waals surface area (Å²) in [5.41, 5.74) is 8.08. The van der Waals surface area contributed by atoms with Crippen molar-refractivity contribution >= 4 is 35.6 Å². The van der Waals surface area contributed by atoms with Crippen molar-refractivity contribution in [1.29, 1.82) is 0 Å². The first-order chi connectivity index (χ1) is 15.6. The number of aliphatic imine (C=N–C) groups is 1. The molecule has 0 bridgehead atoms. The van der Waals surface area contributed by atoms with E-state index < -0.39 is 0 Å². The van der Waals surface area contributed by atoms with E-state index in [1.54, 1.807) is 43.6 Å². The lowest BCUT2D eigenvalue weighted by Crippen LogP contribution is -2.12. The van der Waals surface area contributed by atoms with Gasteiger partial charge in [-0.2, -0.15) is 0 Å². The highest BCUT2D eigenvalue weighted by Gasteiger charge is 2.06. The Balaban J connectivity index is 0.000000258. The number of hydrogen-bond donors (Lipinski definition) is 3. The highest BCUT2D eigenvalue weighted by molar-refractivity contribution is 8.00. The first-order valence-electron chi connectivity index (χ1n) is 9.64. The van der Waals surface area contributed by atoms with Crippen LogP contribution in [0.4, 0.5) is 15.8 Å². The van der Waals surface area contributed by atoms with Gasteiger partial charge in [0.05, 0.1) is 12.0 Å². The van der Waals surface area contributed by atoms with Crippen LogP contribution in [0.3, 0.4) is 0 Å². The van der Waals surface area contributed by atoms with E-state index in [9.17, 15) is 9.18 Å². The molecule has 0 unspecified atom stereocenters. The number of carbonyl (C=O) groups is 1. The molecule has 0 fully saturated rings. The van der Waals surface area contributed by atoms with E-state index >= 15 is 0 Å². The zero-order valence-electron chi connectivity index (χ0n) is 17.8. The van der Waals surface area contributed by atoms with Gasteiger partial charge in [0.1, 0.15) is 17.4 Å². The highest BCUT2D eigenvalue weighted by Crippen LogP contribution is 2.32. The second kappa shape index (κ2) is 13.5. The normalized spacial score (nSPS) is 10.8. The number of anilines is 2. The molecular weight excluding hydrogens is 427 g/mol. The number of amidine groups is 1. The number of amides is 1. The van der Waals surface area contributed by atoms with Crippen LogP contribution in [0.15, 0.2) is 95.0 Å². The molecular formula is C24H25FN4O2S. The summed E-state index contributed by atoms with van der Waals surface area (Å²) in [6.45, 7) is 1.90. The van der Waals surface area contributed by atoms with Crippen LogP contribution in [0.25, 0.3) is 0 Å². The van der Waals surface area contributed by atoms with Crippen molar-refractivity contribution in [1.82, 2.24) is 0 Å². The van der Waals surface area contributed by atoms with Crippen LogP contribution in [0.2, 0.25) is 0 Å². The van der Waals surface area contributed by atoms with Gasteiger partial charge in [0.15, 0.2) is 0 Å². The largest absolute Gasteiger partial charge is 0.496 e. The van der Waals surface area contributed by atoms with Crippen molar-refractivity contribution in [2.45, 2.75) is 11.8 Å². The topological polar surface area (TPSA) is 88.7 Å². The predicted molar refractivity (Wildman–Crippen MR) is 131 cm³/mol. The number of nitrogens with one attached hydrogen (secondary N) is 2. The lowest BCUT2D eigenvalue weighted by atomic mass is 10.2. The second-order valence-electron chi connectivity index (χ2n) is 6.20. The fourth-order valence-electron chi connectivity index (χ4n) is 2.38. The van der Waals surface area contributed by atoms with Crippen LogP contribution >= 0.6 is 11.9 Å². The van der Waals surface area contributed by atoms with Crippen molar-refractivity contribution < 1.29 is 13.9 Å². The standard InChI is InChI=1S/C14H13FN2O2S.C10H12N2/c1-19-13-7-6-12(16-9-18)8-14(13)20-17-11-4-2-10(15)3-5-11;1-2-8-12-10(11)9-6-4-3-5-7-9/h2-9,17H,1H3,(H,16,18);2-8H,1H3,(H2,11,12)/b;8-2+. The Labute approximate surface area is 191 Å². The van der Waals surface area contributed by atoms with Crippen LogP contribution < -0.4 is 20.5 Å². The number of rotatable bonds is 8. The summed E-state index contributed by atoms with van der Waals surface area (Å²) < 4.78 is 21.1. The Morgan fingerprint density at radius 2 is 1.75 bits per heavy atom. The minimum absolute atomic E-state index is 0.282. The Bertz CT molecular complexity index is 1040. The molecule has 0 aromatic heterocycles. The Morgan fingerprint density at radius 3 is 2.38 bits per heavy atom. The molecule has 32 heavy (non-hydrogen) atoms. The van der Waals surface area contributed by atoms with Crippen LogP contribution in [-0.2, 0) is 4.79 Å². The quantitative estimate of drug-likeness (QED) is 0.183. The molecule has 166 valence electrons. The monoisotopic (exact) mass is 452 g/mol. The van der Waals surface area contributed by atoms with E-state index in [4.69, 9.17) is 10.5 Å². The molecule has 1 amide bonds. The van der Waals surface area contributed by atoms with Gasteiger partial charge in [-0.15, -0.1) is 0 Å². The smallest absolute Gasteiger partial charge is 0.211 e. The SMILES string of the molecule is C/C=C/N=C(N)c1ccccc1.COc1ccc(NC=O)cc1SNc1ccc(F)cc1. The lowest BCUT2D eigenvalue weighted by Gasteiger charge is -2.11. The van der Waals surface area contributed by atoms with Crippen molar-refractivity contribution in [3.63, 3.8) is 0 Å². The molecule has 3 rings (SSSR count). The zero-order valence-corrected chi connectivity index (χ0v) is 18.6. The summed E-state index contributed by atoms with van der Waals surface area (Å²) in [7, 11) is 1.57. The number of halogens is 1. The van der Waals surface area contributed by atoms with Gasteiger partial charge in [0.25, 0.3) is 0 Å². The van der Waals surface area contributed by atoms with Crippen LogP contribution in [0.1, 0.15) is 12.5 Å². The van der Waals surface area contributed by atoms with E-state index in [2.05, 4.69) is 15.0 Å². The van der Waals surface area contributed by atoms with Crippen LogP contribution in [0.5, 0.6) is 5.75 Å². The fraction of sp³-hybridized carbons (Fsp3) is 0.0833. The molecule has 8 heteroatoms. The maximum absolute atomic E-state index is 12.8. The van der Waals surface area contributed by atoms with E-state index in [-0.39, 0.29) is 5.82 Å². The zero-order chi connectivity index (χ0) is 23.2. The molecule has 3 aromatic rings. The van der Waals surface area contributed by atoms with Gasteiger partial charge in [-0.05, 0) is 61.3 Å². The van der Waals surface area contributed by atoms with Gasteiger partial charge in [0.2, 0.25) is 6.41 Å². The maximum Gasteiger partial charge on any atom is 0.211 e. The Hall–Kier alpha value is -3.78. The molecule has 0 atom stereocenters. The van der Waals surface area contributed by atoms with Gasteiger partial charge in [-0.3, -0.25) is 4.79 Å². The number of nitrogens with zero attached hydrogens (tertiary/aromatic N) is 1. The minimum atomic E-state index is -0.282. The molecule has 0 aliphatic rings. The van der Waals surface area contributed by atoms with Crippen molar-refractivity contribution in [2.75, 3.05) is 17.1 Å². The second-order valence-corrected chi connectivity index (χ2v) is 7.05. The van der Waals surface area contributed by atoms with Crippen molar-refractivity contribution in [3.8, 4) is 5.75 Å². The van der Waals surface area contributed by atoms with E-state index in [0.717, 1.165) is 16.1 Å². The molecule has 3 aromatic carbocycles. The summed E-state index contributed by atoms with van der Waals surface area (Å²) in [6.07, 6.45) is 4.14. The molecule has 0 radical (unpaired) electrons. The van der Waals surface area contributed by atoms with E-state index in [1.165, 1.54) is 24.1 Å².